The Morgan fingerprint density at radius 2 is 1.79 bits per heavy atom. The first kappa shape index (κ1) is 19.3. The zero-order chi connectivity index (χ0) is 20.5. The van der Waals surface area contributed by atoms with Gasteiger partial charge in [-0.3, -0.25) is 9.48 Å². The standard InChI is InChI=1S/C20H14Cl2FN5O/c1-11(29)24-19-15-10-28(9-14-16(21)3-2-4-17(14)22)27-20(15)26-18(25-19)12-5-7-13(23)8-6-12/h2-8,10H,9H2,1H3,(H,24,25,26,27,29). The summed E-state index contributed by atoms with van der Waals surface area (Å²) in [6.45, 7) is 1.71. The van der Waals surface area contributed by atoms with E-state index < -0.39 is 0 Å². The molecule has 0 bridgehead atoms. The van der Waals surface area contributed by atoms with Crippen LogP contribution in [-0.2, 0) is 11.3 Å². The summed E-state index contributed by atoms with van der Waals surface area (Å²) in [4.78, 5) is 20.5. The second-order valence-corrected chi connectivity index (χ2v) is 7.16. The number of rotatable bonds is 4. The number of benzene rings is 2. The Balaban J connectivity index is 1.81. The topological polar surface area (TPSA) is 72.7 Å². The zero-order valence-corrected chi connectivity index (χ0v) is 16.7. The Morgan fingerprint density at radius 3 is 2.45 bits per heavy atom. The van der Waals surface area contributed by atoms with Crippen LogP contribution in [0.3, 0.4) is 0 Å². The molecule has 0 aliphatic heterocycles. The largest absolute Gasteiger partial charge is 0.310 e. The molecule has 0 atom stereocenters. The molecule has 0 unspecified atom stereocenters. The summed E-state index contributed by atoms with van der Waals surface area (Å²) in [6.07, 6.45) is 1.72. The summed E-state index contributed by atoms with van der Waals surface area (Å²) in [5, 5.41) is 8.80. The minimum Gasteiger partial charge on any atom is -0.310 e. The van der Waals surface area contributed by atoms with Crippen LogP contribution in [0, 0.1) is 5.82 Å². The second kappa shape index (κ2) is 7.77. The first-order valence-corrected chi connectivity index (χ1v) is 9.38. The van der Waals surface area contributed by atoms with E-state index in [1.54, 1.807) is 41.2 Å². The molecule has 0 aliphatic carbocycles. The highest BCUT2D eigenvalue weighted by Crippen LogP contribution is 2.28. The van der Waals surface area contributed by atoms with Crippen molar-refractivity contribution in [3.63, 3.8) is 0 Å². The Hall–Kier alpha value is -3.03. The van der Waals surface area contributed by atoms with E-state index in [0.717, 1.165) is 5.56 Å². The predicted octanol–water partition coefficient (Wildman–Crippen LogP) is 4.95. The smallest absolute Gasteiger partial charge is 0.222 e. The van der Waals surface area contributed by atoms with Crippen molar-refractivity contribution < 1.29 is 9.18 Å². The van der Waals surface area contributed by atoms with Gasteiger partial charge in [-0.1, -0.05) is 29.3 Å². The van der Waals surface area contributed by atoms with Crippen LogP contribution in [0.15, 0.2) is 48.7 Å². The van der Waals surface area contributed by atoms with E-state index >= 15 is 0 Å². The van der Waals surface area contributed by atoms with E-state index in [1.807, 2.05) is 0 Å². The molecule has 2 aromatic carbocycles. The Bertz CT molecular complexity index is 1200. The third-order valence-corrected chi connectivity index (χ3v) is 4.91. The van der Waals surface area contributed by atoms with Crippen LogP contribution in [-0.4, -0.2) is 25.7 Å². The number of halogens is 3. The molecule has 0 radical (unpaired) electrons. The van der Waals surface area contributed by atoms with E-state index in [0.29, 0.717) is 44.8 Å². The molecular weight excluding hydrogens is 416 g/mol. The average Bonchev–Trinajstić information content (AvgIpc) is 3.08. The Morgan fingerprint density at radius 1 is 1.10 bits per heavy atom. The number of aromatic nitrogens is 4. The van der Waals surface area contributed by atoms with Gasteiger partial charge in [0.05, 0.1) is 11.9 Å². The number of hydrogen-bond acceptors (Lipinski definition) is 4. The summed E-state index contributed by atoms with van der Waals surface area (Å²) in [5.41, 5.74) is 1.70. The van der Waals surface area contributed by atoms with Gasteiger partial charge in [-0.2, -0.15) is 5.10 Å². The summed E-state index contributed by atoms with van der Waals surface area (Å²) < 4.78 is 14.9. The van der Waals surface area contributed by atoms with Gasteiger partial charge < -0.3 is 5.32 Å². The van der Waals surface area contributed by atoms with E-state index in [-0.39, 0.29) is 11.7 Å². The molecule has 4 rings (SSSR count). The zero-order valence-electron chi connectivity index (χ0n) is 15.2. The minimum atomic E-state index is -0.363. The molecule has 0 saturated carbocycles. The van der Waals surface area contributed by atoms with Gasteiger partial charge in [-0.05, 0) is 36.4 Å². The maximum atomic E-state index is 13.2. The monoisotopic (exact) mass is 429 g/mol. The van der Waals surface area contributed by atoms with Crippen LogP contribution >= 0.6 is 23.2 Å². The van der Waals surface area contributed by atoms with Crippen LogP contribution in [0.4, 0.5) is 10.2 Å². The van der Waals surface area contributed by atoms with E-state index in [9.17, 15) is 9.18 Å². The predicted molar refractivity (Wildman–Crippen MR) is 111 cm³/mol. The molecule has 1 amide bonds. The van der Waals surface area contributed by atoms with Gasteiger partial charge in [-0.25, -0.2) is 14.4 Å². The second-order valence-electron chi connectivity index (χ2n) is 6.35. The van der Waals surface area contributed by atoms with E-state index in [1.165, 1.54) is 19.1 Å². The lowest BCUT2D eigenvalue weighted by Crippen LogP contribution is -2.09. The highest BCUT2D eigenvalue weighted by Gasteiger charge is 2.15. The van der Waals surface area contributed by atoms with Crippen molar-refractivity contribution >= 4 is 46.0 Å². The fourth-order valence-electron chi connectivity index (χ4n) is 2.87. The number of carbonyl (C=O) groups is 1. The quantitative estimate of drug-likeness (QED) is 0.498. The lowest BCUT2D eigenvalue weighted by Gasteiger charge is -2.06. The van der Waals surface area contributed by atoms with Crippen LogP contribution < -0.4 is 5.32 Å². The molecule has 0 saturated heterocycles. The molecule has 2 heterocycles. The lowest BCUT2D eigenvalue weighted by atomic mass is 10.2. The molecule has 0 fully saturated rings. The summed E-state index contributed by atoms with van der Waals surface area (Å²) in [6, 6.07) is 11.0. The third-order valence-electron chi connectivity index (χ3n) is 4.21. The van der Waals surface area contributed by atoms with Gasteiger partial charge >= 0.3 is 0 Å². The van der Waals surface area contributed by atoms with Crippen molar-refractivity contribution in [1.82, 2.24) is 19.7 Å². The molecule has 1 N–H and O–H groups in total. The number of nitrogens with one attached hydrogen (secondary N) is 1. The third kappa shape index (κ3) is 4.06. The normalized spacial score (nSPS) is 11.0. The Kier molecular flexibility index (Phi) is 5.17. The maximum Gasteiger partial charge on any atom is 0.222 e. The highest BCUT2D eigenvalue weighted by atomic mass is 35.5. The number of anilines is 1. The van der Waals surface area contributed by atoms with Crippen LogP contribution in [0.2, 0.25) is 10.0 Å². The van der Waals surface area contributed by atoms with Crippen molar-refractivity contribution in [3.8, 4) is 11.4 Å². The minimum absolute atomic E-state index is 0.281. The van der Waals surface area contributed by atoms with Crippen LogP contribution in [0.1, 0.15) is 12.5 Å². The molecule has 29 heavy (non-hydrogen) atoms. The van der Waals surface area contributed by atoms with Gasteiger partial charge in [0.25, 0.3) is 0 Å². The first-order valence-electron chi connectivity index (χ1n) is 8.62. The molecule has 9 heteroatoms. The molecule has 0 spiro atoms. The lowest BCUT2D eigenvalue weighted by molar-refractivity contribution is -0.114. The number of nitrogens with zero attached hydrogens (tertiary/aromatic N) is 4. The summed E-state index contributed by atoms with van der Waals surface area (Å²) >= 11 is 12.5. The van der Waals surface area contributed by atoms with Gasteiger partial charge in [0, 0.05) is 34.3 Å². The molecular formula is C20H14Cl2FN5O. The van der Waals surface area contributed by atoms with Gasteiger partial charge in [0.2, 0.25) is 5.91 Å². The van der Waals surface area contributed by atoms with Crippen molar-refractivity contribution in [2.45, 2.75) is 13.5 Å². The molecule has 4 aromatic rings. The average molecular weight is 430 g/mol. The van der Waals surface area contributed by atoms with Crippen LogP contribution in [0.25, 0.3) is 22.4 Å². The Labute approximate surface area is 175 Å². The van der Waals surface area contributed by atoms with Gasteiger partial charge in [-0.15, -0.1) is 0 Å². The number of fused-ring (bicyclic) bond motifs is 1. The van der Waals surface area contributed by atoms with Crippen molar-refractivity contribution in [2.24, 2.45) is 0 Å². The first-order chi connectivity index (χ1) is 13.9. The molecule has 146 valence electrons. The summed E-state index contributed by atoms with van der Waals surface area (Å²) in [7, 11) is 0. The van der Waals surface area contributed by atoms with Gasteiger partial charge in [0.1, 0.15) is 11.6 Å². The van der Waals surface area contributed by atoms with Crippen molar-refractivity contribution in [3.05, 3.63) is 70.1 Å². The molecule has 6 nitrogen and oxygen atoms in total. The van der Waals surface area contributed by atoms with E-state index in [4.69, 9.17) is 23.2 Å². The SMILES string of the molecule is CC(=O)Nc1nc(-c2ccc(F)cc2)nc2nn(Cc3c(Cl)cccc3Cl)cc12. The maximum absolute atomic E-state index is 13.2. The van der Waals surface area contributed by atoms with Crippen LogP contribution in [0.5, 0.6) is 0 Å². The fourth-order valence-corrected chi connectivity index (χ4v) is 3.39. The van der Waals surface area contributed by atoms with Gasteiger partial charge in [0.15, 0.2) is 11.5 Å². The van der Waals surface area contributed by atoms with Crippen molar-refractivity contribution in [1.29, 1.82) is 0 Å². The number of hydrogen-bond donors (Lipinski definition) is 1. The number of amides is 1. The fraction of sp³-hybridized carbons (Fsp3) is 0.100. The number of carbonyl (C=O) groups excluding carboxylic acids is 1. The summed E-state index contributed by atoms with van der Waals surface area (Å²) in [5.74, 6) is -0.00429. The van der Waals surface area contributed by atoms with Crippen molar-refractivity contribution in [2.75, 3.05) is 5.32 Å². The molecule has 2 aromatic heterocycles. The highest BCUT2D eigenvalue weighted by molar-refractivity contribution is 6.36. The molecule has 0 aliphatic rings. The van der Waals surface area contributed by atoms with E-state index in [2.05, 4.69) is 20.4 Å².